The first-order chi connectivity index (χ1) is 16.7. The lowest BCUT2D eigenvalue weighted by Gasteiger charge is -2.12. The number of rotatable bonds is 7. The van der Waals surface area contributed by atoms with Gasteiger partial charge in [-0.1, -0.05) is 54.2 Å². The van der Waals surface area contributed by atoms with Crippen molar-refractivity contribution in [2.24, 2.45) is 0 Å². The average molecular weight is 472 g/mol. The zero-order valence-electron chi connectivity index (χ0n) is 18.6. The Morgan fingerprint density at radius 3 is 2.56 bits per heavy atom. The van der Waals surface area contributed by atoms with Crippen LogP contribution in [-0.4, -0.2) is 45.5 Å². The van der Waals surface area contributed by atoms with Gasteiger partial charge in [-0.3, -0.25) is 9.20 Å². The number of nitrogens with zero attached hydrogens (tertiary/aromatic N) is 4. The highest BCUT2D eigenvalue weighted by Gasteiger charge is 2.18. The first-order valence-electron chi connectivity index (χ1n) is 10.5. The van der Waals surface area contributed by atoms with E-state index in [9.17, 15) is 4.79 Å². The molecule has 0 fully saturated rings. The highest BCUT2D eigenvalue weighted by Crippen LogP contribution is 2.31. The molecule has 0 radical (unpaired) electrons. The van der Waals surface area contributed by atoms with E-state index < -0.39 is 0 Å². The molecule has 34 heavy (non-hydrogen) atoms. The Bertz CT molecular complexity index is 1490. The molecule has 5 aromatic rings. The van der Waals surface area contributed by atoms with Crippen LogP contribution in [0.2, 0.25) is 0 Å². The van der Waals surface area contributed by atoms with Crippen LogP contribution in [0.15, 0.2) is 77.8 Å². The fraction of sp³-hybridized carbons (Fsp3) is 0.120. The van der Waals surface area contributed by atoms with Crippen LogP contribution in [0, 0.1) is 0 Å². The van der Waals surface area contributed by atoms with Crippen LogP contribution < -0.4 is 14.8 Å². The molecule has 1 amide bonds. The van der Waals surface area contributed by atoms with Gasteiger partial charge in [0.15, 0.2) is 11.5 Å². The van der Waals surface area contributed by atoms with Crippen molar-refractivity contribution in [1.29, 1.82) is 0 Å². The lowest BCUT2D eigenvalue weighted by atomic mass is 10.2. The Morgan fingerprint density at radius 1 is 0.971 bits per heavy atom. The van der Waals surface area contributed by atoms with E-state index in [1.54, 1.807) is 32.4 Å². The summed E-state index contributed by atoms with van der Waals surface area (Å²) < 4.78 is 12.6. The van der Waals surface area contributed by atoms with Crippen LogP contribution >= 0.6 is 11.8 Å². The van der Waals surface area contributed by atoms with Gasteiger partial charge in [0.1, 0.15) is 16.5 Å². The maximum Gasteiger partial charge on any atom is 0.234 e. The van der Waals surface area contributed by atoms with E-state index >= 15 is 0 Å². The number of hydrogen-bond acceptors (Lipinski definition) is 7. The van der Waals surface area contributed by atoms with Gasteiger partial charge in [0.2, 0.25) is 5.91 Å². The van der Waals surface area contributed by atoms with Crippen molar-refractivity contribution >= 4 is 40.0 Å². The summed E-state index contributed by atoms with van der Waals surface area (Å²) in [6, 6.07) is 22.9. The number of amides is 1. The summed E-state index contributed by atoms with van der Waals surface area (Å²) >= 11 is 1.31. The molecule has 0 spiro atoms. The molecule has 170 valence electrons. The van der Waals surface area contributed by atoms with Crippen molar-refractivity contribution < 1.29 is 14.3 Å². The monoisotopic (exact) mass is 471 g/mol. The number of benzene rings is 3. The number of carbonyl (C=O) groups is 1. The van der Waals surface area contributed by atoms with Crippen LogP contribution in [-0.2, 0) is 4.79 Å². The zero-order chi connectivity index (χ0) is 23.5. The third-order valence-electron chi connectivity index (χ3n) is 5.25. The zero-order valence-corrected chi connectivity index (χ0v) is 19.4. The SMILES string of the molecule is COc1ccc(NC(=O)CSc2nc3ccccc3n3c(-c4ccccc4)nnc23)c(OC)c1. The molecule has 0 saturated heterocycles. The predicted molar refractivity (Wildman–Crippen MR) is 133 cm³/mol. The Labute approximate surface area is 199 Å². The van der Waals surface area contributed by atoms with E-state index in [0.29, 0.717) is 27.9 Å². The summed E-state index contributed by atoms with van der Waals surface area (Å²) in [5, 5.41) is 12.4. The topological polar surface area (TPSA) is 90.6 Å². The van der Waals surface area contributed by atoms with Crippen molar-refractivity contribution in [2.45, 2.75) is 5.03 Å². The molecule has 9 heteroatoms. The van der Waals surface area contributed by atoms with Crippen molar-refractivity contribution in [3.63, 3.8) is 0 Å². The van der Waals surface area contributed by atoms with Crippen LogP contribution in [0.5, 0.6) is 11.5 Å². The van der Waals surface area contributed by atoms with Crippen molar-refractivity contribution in [1.82, 2.24) is 19.6 Å². The van der Waals surface area contributed by atoms with Gasteiger partial charge in [-0.25, -0.2) is 4.98 Å². The second-order valence-corrected chi connectivity index (χ2v) is 8.32. The fourth-order valence-electron chi connectivity index (χ4n) is 3.65. The third-order valence-corrected chi connectivity index (χ3v) is 6.21. The van der Waals surface area contributed by atoms with Gasteiger partial charge < -0.3 is 14.8 Å². The predicted octanol–water partition coefficient (Wildman–Crippen LogP) is 4.69. The quantitative estimate of drug-likeness (QED) is 0.344. The van der Waals surface area contributed by atoms with E-state index in [-0.39, 0.29) is 11.7 Å². The molecule has 0 aliphatic carbocycles. The molecular formula is C25H21N5O3S. The highest BCUT2D eigenvalue weighted by molar-refractivity contribution is 8.00. The largest absolute Gasteiger partial charge is 0.497 e. The number of para-hydroxylation sites is 2. The van der Waals surface area contributed by atoms with E-state index in [4.69, 9.17) is 14.5 Å². The number of ether oxygens (including phenoxy) is 2. The summed E-state index contributed by atoms with van der Waals surface area (Å²) in [6.07, 6.45) is 0. The lowest BCUT2D eigenvalue weighted by Crippen LogP contribution is -2.15. The Hall–Kier alpha value is -4.11. The molecular weight excluding hydrogens is 450 g/mol. The fourth-order valence-corrected chi connectivity index (χ4v) is 4.42. The van der Waals surface area contributed by atoms with Crippen molar-refractivity contribution in [2.75, 3.05) is 25.3 Å². The van der Waals surface area contributed by atoms with Gasteiger partial charge in [0, 0.05) is 11.6 Å². The molecule has 1 N–H and O–H groups in total. The number of nitrogens with one attached hydrogen (secondary N) is 1. The molecule has 2 aromatic heterocycles. The van der Waals surface area contributed by atoms with E-state index in [0.717, 1.165) is 22.4 Å². The Morgan fingerprint density at radius 2 is 1.76 bits per heavy atom. The summed E-state index contributed by atoms with van der Waals surface area (Å²) in [5.74, 6) is 1.85. The number of hydrogen-bond donors (Lipinski definition) is 1. The van der Waals surface area contributed by atoms with Crippen LogP contribution in [0.3, 0.4) is 0 Å². The maximum atomic E-state index is 12.7. The third kappa shape index (κ3) is 4.13. The minimum Gasteiger partial charge on any atom is -0.497 e. The van der Waals surface area contributed by atoms with Gasteiger partial charge in [-0.05, 0) is 24.3 Å². The number of thioether (sulfide) groups is 1. The van der Waals surface area contributed by atoms with Crippen molar-refractivity contribution in [3.8, 4) is 22.9 Å². The summed E-state index contributed by atoms with van der Waals surface area (Å²) in [6.45, 7) is 0. The minimum atomic E-state index is -0.190. The van der Waals surface area contributed by atoms with Gasteiger partial charge in [0.25, 0.3) is 0 Å². The van der Waals surface area contributed by atoms with Gasteiger partial charge in [0.05, 0.1) is 36.7 Å². The Kier molecular flexibility index (Phi) is 6.01. The number of aromatic nitrogens is 4. The minimum absolute atomic E-state index is 0.143. The lowest BCUT2D eigenvalue weighted by molar-refractivity contribution is -0.113. The Balaban J connectivity index is 1.45. The van der Waals surface area contributed by atoms with Gasteiger partial charge in [-0.2, -0.15) is 0 Å². The molecule has 0 saturated carbocycles. The molecule has 0 unspecified atom stereocenters. The van der Waals surface area contributed by atoms with E-state index in [1.165, 1.54) is 11.8 Å². The summed E-state index contributed by atoms with van der Waals surface area (Å²) in [4.78, 5) is 17.5. The molecule has 3 aromatic carbocycles. The molecule has 0 atom stereocenters. The van der Waals surface area contributed by atoms with Crippen molar-refractivity contribution in [3.05, 3.63) is 72.8 Å². The maximum absolute atomic E-state index is 12.7. The molecule has 5 rings (SSSR count). The van der Waals surface area contributed by atoms with Crippen LogP contribution in [0.4, 0.5) is 5.69 Å². The smallest absolute Gasteiger partial charge is 0.234 e. The van der Waals surface area contributed by atoms with Crippen LogP contribution in [0.1, 0.15) is 0 Å². The number of anilines is 1. The van der Waals surface area contributed by atoms with Gasteiger partial charge >= 0.3 is 0 Å². The molecule has 8 nitrogen and oxygen atoms in total. The van der Waals surface area contributed by atoms with E-state index in [1.807, 2.05) is 59.0 Å². The summed E-state index contributed by atoms with van der Waals surface area (Å²) in [7, 11) is 3.12. The average Bonchev–Trinajstić information content (AvgIpc) is 3.34. The second kappa shape index (κ2) is 9.40. The molecule has 0 aliphatic rings. The van der Waals surface area contributed by atoms with Gasteiger partial charge in [-0.15, -0.1) is 10.2 Å². The standard InChI is InChI=1S/C25H21N5O3S/c1-32-17-12-13-19(21(14-17)33-2)26-22(31)15-34-25-24-29-28-23(16-8-4-3-5-9-16)30(24)20-11-7-6-10-18(20)27-25/h3-14H,15H2,1-2H3,(H,26,31). The highest BCUT2D eigenvalue weighted by atomic mass is 32.2. The first-order valence-corrected chi connectivity index (χ1v) is 11.5. The molecule has 0 bridgehead atoms. The van der Waals surface area contributed by atoms with Crippen LogP contribution in [0.25, 0.3) is 28.1 Å². The normalized spacial score (nSPS) is 11.0. The number of fused-ring (bicyclic) bond motifs is 3. The summed E-state index contributed by atoms with van der Waals surface area (Å²) in [5.41, 5.74) is 3.83. The van der Waals surface area contributed by atoms with E-state index in [2.05, 4.69) is 15.5 Å². The number of carbonyl (C=O) groups excluding carboxylic acids is 1. The molecule has 0 aliphatic heterocycles. The second-order valence-electron chi connectivity index (χ2n) is 7.36. The number of methoxy groups -OCH3 is 2. The molecule has 2 heterocycles. The first kappa shape index (κ1) is 21.7.